The second-order valence-corrected chi connectivity index (χ2v) is 4.28. The van der Waals surface area contributed by atoms with Gasteiger partial charge >= 0.3 is 0 Å². The van der Waals surface area contributed by atoms with Crippen molar-refractivity contribution in [1.29, 1.82) is 0 Å². The van der Waals surface area contributed by atoms with Crippen molar-refractivity contribution in [2.24, 2.45) is 0 Å². The van der Waals surface area contributed by atoms with E-state index in [1.165, 1.54) is 12.8 Å². The van der Waals surface area contributed by atoms with Crippen molar-refractivity contribution in [3.05, 3.63) is 5.28 Å². The molecule has 1 unspecified atom stereocenters. The Hall–Kier alpha value is -1.10. The van der Waals surface area contributed by atoms with Crippen molar-refractivity contribution in [3.63, 3.8) is 0 Å². The van der Waals surface area contributed by atoms with Crippen LogP contribution in [0, 0.1) is 0 Å². The maximum atomic E-state index is 5.88. The van der Waals surface area contributed by atoms with Gasteiger partial charge in [-0.25, -0.2) is 0 Å². The second-order valence-electron chi connectivity index (χ2n) is 3.94. The van der Waals surface area contributed by atoms with Crippen molar-refractivity contribution in [2.75, 3.05) is 23.3 Å². The van der Waals surface area contributed by atoms with Gasteiger partial charge in [0, 0.05) is 19.1 Å². The minimum atomic E-state index is 0.250. The van der Waals surface area contributed by atoms with E-state index in [1.807, 2.05) is 6.92 Å². The molecular formula is C10H16ClN5. The predicted octanol–water partition coefficient (Wildman–Crippen LogP) is 1.95. The number of rotatable bonds is 3. The zero-order valence-corrected chi connectivity index (χ0v) is 10.3. The third-order valence-corrected chi connectivity index (χ3v) is 2.91. The molecule has 1 aromatic heterocycles. The lowest BCUT2D eigenvalue weighted by molar-refractivity contribution is 0.714. The maximum absolute atomic E-state index is 5.88. The average Bonchev–Trinajstić information content (AvgIpc) is 2.64. The highest BCUT2D eigenvalue weighted by molar-refractivity contribution is 6.28. The molecule has 2 rings (SSSR count). The van der Waals surface area contributed by atoms with Crippen molar-refractivity contribution < 1.29 is 0 Å². The molecule has 0 spiro atoms. The van der Waals surface area contributed by atoms with Gasteiger partial charge in [0.25, 0.3) is 0 Å². The smallest absolute Gasteiger partial charge is 0.231 e. The summed E-state index contributed by atoms with van der Waals surface area (Å²) in [5.41, 5.74) is 0. The molecule has 1 fully saturated rings. The van der Waals surface area contributed by atoms with Gasteiger partial charge in [0.2, 0.25) is 17.2 Å². The van der Waals surface area contributed by atoms with E-state index < -0.39 is 0 Å². The standard InChI is InChI=1S/C10H16ClN5/c1-3-12-9-13-8(11)14-10(15-9)16-6-4-5-7(16)2/h7H,3-6H2,1-2H3,(H,12,13,14,15). The van der Waals surface area contributed by atoms with E-state index in [2.05, 4.69) is 32.1 Å². The van der Waals surface area contributed by atoms with Gasteiger partial charge in [-0.3, -0.25) is 0 Å². The topological polar surface area (TPSA) is 53.9 Å². The molecule has 1 aliphatic rings. The van der Waals surface area contributed by atoms with Crippen molar-refractivity contribution in [3.8, 4) is 0 Å². The van der Waals surface area contributed by atoms with Crippen LogP contribution in [0.25, 0.3) is 0 Å². The van der Waals surface area contributed by atoms with E-state index in [4.69, 9.17) is 11.6 Å². The molecule has 0 aliphatic carbocycles. The summed E-state index contributed by atoms with van der Waals surface area (Å²) in [5, 5.41) is 3.30. The Labute approximate surface area is 100 Å². The third kappa shape index (κ3) is 2.35. The van der Waals surface area contributed by atoms with Gasteiger partial charge in [-0.05, 0) is 38.3 Å². The van der Waals surface area contributed by atoms with Gasteiger partial charge in [-0.1, -0.05) is 0 Å². The molecule has 2 heterocycles. The Bertz CT molecular complexity index is 370. The van der Waals surface area contributed by atoms with Gasteiger partial charge in [0.15, 0.2) is 0 Å². The summed E-state index contributed by atoms with van der Waals surface area (Å²) >= 11 is 5.88. The van der Waals surface area contributed by atoms with Crippen LogP contribution in [0.15, 0.2) is 0 Å². The number of hydrogen-bond acceptors (Lipinski definition) is 5. The number of nitrogens with one attached hydrogen (secondary N) is 1. The van der Waals surface area contributed by atoms with E-state index >= 15 is 0 Å². The highest BCUT2D eigenvalue weighted by Gasteiger charge is 2.23. The van der Waals surface area contributed by atoms with Gasteiger partial charge in [-0.15, -0.1) is 0 Å². The molecule has 1 saturated heterocycles. The van der Waals surface area contributed by atoms with Crippen LogP contribution < -0.4 is 10.2 Å². The van der Waals surface area contributed by atoms with E-state index in [0.29, 0.717) is 17.9 Å². The van der Waals surface area contributed by atoms with Crippen LogP contribution in [-0.4, -0.2) is 34.1 Å². The molecule has 16 heavy (non-hydrogen) atoms. The largest absolute Gasteiger partial charge is 0.354 e. The molecule has 0 aromatic carbocycles. The first-order valence-electron chi connectivity index (χ1n) is 5.62. The molecule has 1 aliphatic heterocycles. The molecule has 5 nitrogen and oxygen atoms in total. The maximum Gasteiger partial charge on any atom is 0.231 e. The van der Waals surface area contributed by atoms with Crippen LogP contribution in [-0.2, 0) is 0 Å². The highest BCUT2D eigenvalue weighted by Crippen LogP contribution is 2.23. The van der Waals surface area contributed by atoms with Crippen molar-refractivity contribution >= 4 is 23.5 Å². The predicted molar refractivity (Wildman–Crippen MR) is 65.0 cm³/mol. The average molecular weight is 242 g/mol. The molecule has 1 atom stereocenters. The molecule has 88 valence electrons. The Balaban J connectivity index is 2.25. The Morgan fingerprint density at radius 2 is 2.25 bits per heavy atom. The fourth-order valence-electron chi connectivity index (χ4n) is 1.94. The highest BCUT2D eigenvalue weighted by atomic mass is 35.5. The van der Waals surface area contributed by atoms with Crippen LogP contribution in [0.5, 0.6) is 0 Å². The monoisotopic (exact) mass is 241 g/mol. The fourth-order valence-corrected chi connectivity index (χ4v) is 2.09. The van der Waals surface area contributed by atoms with Crippen LogP contribution in [0.2, 0.25) is 5.28 Å². The summed E-state index contributed by atoms with van der Waals surface area (Å²) in [7, 11) is 0. The molecule has 0 bridgehead atoms. The lowest BCUT2D eigenvalue weighted by Crippen LogP contribution is -2.28. The van der Waals surface area contributed by atoms with Gasteiger partial charge in [0.1, 0.15) is 0 Å². The molecule has 0 amide bonds. The first-order valence-corrected chi connectivity index (χ1v) is 6.00. The van der Waals surface area contributed by atoms with Gasteiger partial charge < -0.3 is 10.2 Å². The van der Waals surface area contributed by atoms with Crippen LogP contribution >= 0.6 is 11.6 Å². The molecular weight excluding hydrogens is 226 g/mol. The summed E-state index contributed by atoms with van der Waals surface area (Å²) < 4.78 is 0. The lowest BCUT2D eigenvalue weighted by Gasteiger charge is -2.21. The van der Waals surface area contributed by atoms with E-state index in [1.54, 1.807) is 0 Å². The summed E-state index contributed by atoms with van der Waals surface area (Å²) in [6.45, 7) is 5.94. The van der Waals surface area contributed by atoms with Crippen LogP contribution in [0.4, 0.5) is 11.9 Å². The fraction of sp³-hybridized carbons (Fsp3) is 0.700. The summed E-state index contributed by atoms with van der Waals surface area (Å²) in [6.07, 6.45) is 2.36. The summed E-state index contributed by atoms with van der Waals surface area (Å²) in [4.78, 5) is 14.7. The molecule has 0 radical (unpaired) electrons. The number of halogens is 1. The summed E-state index contributed by atoms with van der Waals surface area (Å²) in [6, 6.07) is 0.480. The quantitative estimate of drug-likeness (QED) is 0.877. The number of aromatic nitrogens is 3. The molecule has 6 heteroatoms. The zero-order valence-electron chi connectivity index (χ0n) is 9.57. The van der Waals surface area contributed by atoms with Crippen molar-refractivity contribution in [1.82, 2.24) is 15.0 Å². The van der Waals surface area contributed by atoms with E-state index in [9.17, 15) is 0 Å². The van der Waals surface area contributed by atoms with Crippen LogP contribution in [0.3, 0.4) is 0 Å². The molecule has 1 aromatic rings. The molecule has 0 saturated carbocycles. The SMILES string of the molecule is CCNc1nc(Cl)nc(N2CCCC2C)n1. The first kappa shape index (κ1) is 11.4. The summed E-state index contributed by atoms with van der Waals surface area (Å²) in [5.74, 6) is 1.23. The normalized spacial score (nSPS) is 20.2. The van der Waals surface area contributed by atoms with Gasteiger partial charge in [-0.2, -0.15) is 15.0 Å². The lowest BCUT2D eigenvalue weighted by atomic mass is 10.2. The Kier molecular flexibility index (Phi) is 3.43. The van der Waals surface area contributed by atoms with E-state index in [-0.39, 0.29) is 5.28 Å². The number of anilines is 2. The second kappa shape index (κ2) is 4.82. The Morgan fingerprint density at radius 1 is 1.44 bits per heavy atom. The van der Waals surface area contributed by atoms with Gasteiger partial charge in [0.05, 0.1) is 0 Å². The van der Waals surface area contributed by atoms with E-state index in [0.717, 1.165) is 13.1 Å². The first-order chi connectivity index (χ1) is 7.70. The molecule has 1 N–H and O–H groups in total. The van der Waals surface area contributed by atoms with Crippen molar-refractivity contribution in [2.45, 2.75) is 32.7 Å². The Morgan fingerprint density at radius 3 is 2.88 bits per heavy atom. The minimum Gasteiger partial charge on any atom is -0.354 e. The number of nitrogens with zero attached hydrogens (tertiary/aromatic N) is 4. The number of hydrogen-bond donors (Lipinski definition) is 1. The zero-order chi connectivity index (χ0) is 11.5. The minimum absolute atomic E-state index is 0.250. The van der Waals surface area contributed by atoms with Crippen LogP contribution in [0.1, 0.15) is 26.7 Å². The third-order valence-electron chi connectivity index (χ3n) is 2.74.